The van der Waals surface area contributed by atoms with Gasteiger partial charge in [-0.15, -0.1) is 21.5 Å². The molecule has 0 atom stereocenters. The summed E-state index contributed by atoms with van der Waals surface area (Å²) in [5.74, 6) is 0.972. The molecule has 0 spiro atoms. The van der Waals surface area contributed by atoms with Crippen LogP contribution >= 0.6 is 11.3 Å². The van der Waals surface area contributed by atoms with Crippen LogP contribution in [0.3, 0.4) is 0 Å². The molecular weight excluding hydrogens is 272 g/mol. The van der Waals surface area contributed by atoms with Crippen molar-refractivity contribution in [1.29, 1.82) is 0 Å². The van der Waals surface area contributed by atoms with Gasteiger partial charge in [0.15, 0.2) is 0 Å². The molecule has 106 valence electrons. The second kappa shape index (κ2) is 6.23. The molecule has 0 aromatic carbocycles. The summed E-state index contributed by atoms with van der Waals surface area (Å²) in [7, 11) is 0. The lowest BCUT2D eigenvalue weighted by atomic mass is 10.1. The molecule has 0 aliphatic carbocycles. The summed E-state index contributed by atoms with van der Waals surface area (Å²) in [6.45, 7) is 4.79. The Morgan fingerprint density at radius 1 is 1.25 bits per heavy atom. The largest absolute Gasteiger partial charge is 0.369 e. The Hall–Kier alpha value is -1.60. The van der Waals surface area contributed by atoms with Crippen molar-refractivity contribution in [2.75, 3.05) is 25.0 Å². The van der Waals surface area contributed by atoms with E-state index < -0.39 is 0 Å². The first-order valence-corrected chi connectivity index (χ1v) is 7.71. The Morgan fingerprint density at radius 2 is 2.15 bits per heavy atom. The Kier molecular flexibility index (Phi) is 4.17. The van der Waals surface area contributed by atoms with Gasteiger partial charge in [-0.05, 0) is 19.9 Å². The highest BCUT2D eigenvalue weighted by molar-refractivity contribution is 7.11. The Labute approximate surface area is 122 Å². The third-order valence-electron chi connectivity index (χ3n) is 3.32. The number of nitrogens with one attached hydrogen (secondary N) is 2. The van der Waals surface area contributed by atoms with Crippen LogP contribution in [0.5, 0.6) is 0 Å². The van der Waals surface area contributed by atoms with Gasteiger partial charge >= 0.3 is 0 Å². The van der Waals surface area contributed by atoms with Crippen LogP contribution in [-0.4, -0.2) is 39.8 Å². The third kappa shape index (κ3) is 3.10. The zero-order valence-corrected chi connectivity index (χ0v) is 12.3. The lowest BCUT2D eigenvalue weighted by molar-refractivity contribution is 0.708. The number of aryl methyl sites for hydroxylation is 1. The van der Waals surface area contributed by atoms with Crippen molar-refractivity contribution in [2.45, 2.75) is 26.2 Å². The number of aromatic nitrogens is 4. The van der Waals surface area contributed by atoms with Gasteiger partial charge in [0.25, 0.3) is 0 Å². The number of rotatable bonds is 4. The number of anilines is 1. The lowest BCUT2D eigenvalue weighted by Gasteiger charge is -2.11. The minimum Gasteiger partial charge on any atom is -0.369 e. The van der Waals surface area contributed by atoms with E-state index in [4.69, 9.17) is 0 Å². The van der Waals surface area contributed by atoms with Crippen molar-refractivity contribution in [3.05, 3.63) is 27.6 Å². The van der Waals surface area contributed by atoms with E-state index in [0.29, 0.717) is 0 Å². The quantitative estimate of drug-likeness (QED) is 0.874. The van der Waals surface area contributed by atoms with E-state index in [0.717, 1.165) is 54.7 Å². The van der Waals surface area contributed by atoms with Gasteiger partial charge in [0.05, 0.1) is 5.69 Å². The SMILES string of the molecule is Cc1nnc(CCNc2ncnc3c2CCNCC3)s1. The molecule has 2 N–H and O–H groups in total. The molecule has 0 bridgehead atoms. The first kappa shape index (κ1) is 13.4. The molecule has 0 amide bonds. The fourth-order valence-corrected chi connectivity index (χ4v) is 3.06. The standard InChI is InChI=1S/C13H18N6S/c1-9-18-19-12(20-9)4-7-15-13-10-2-5-14-6-3-11(10)16-8-17-13/h8,14H,2-7H2,1H3,(H,15,16,17). The van der Waals surface area contributed by atoms with Crippen molar-refractivity contribution >= 4 is 17.2 Å². The van der Waals surface area contributed by atoms with Crippen molar-refractivity contribution in [3.8, 4) is 0 Å². The van der Waals surface area contributed by atoms with E-state index in [1.54, 1.807) is 17.7 Å². The van der Waals surface area contributed by atoms with Crippen LogP contribution in [-0.2, 0) is 19.3 Å². The summed E-state index contributed by atoms with van der Waals surface area (Å²) >= 11 is 1.65. The van der Waals surface area contributed by atoms with Gasteiger partial charge in [0.1, 0.15) is 22.2 Å². The minimum atomic E-state index is 0.825. The van der Waals surface area contributed by atoms with E-state index in [2.05, 4.69) is 30.8 Å². The van der Waals surface area contributed by atoms with Gasteiger partial charge in [-0.25, -0.2) is 9.97 Å². The molecule has 3 heterocycles. The van der Waals surface area contributed by atoms with Gasteiger partial charge < -0.3 is 10.6 Å². The first-order chi connectivity index (χ1) is 9.83. The molecule has 3 rings (SSSR count). The second-order valence-electron chi connectivity index (χ2n) is 4.79. The maximum absolute atomic E-state index is 4.40. The molecule has 1 aliphatic heterocycles. The monoisotopic (exact) mass is 290 g/mol. The van der Waals surface area contributed by atoms with E-state index in [1.807, 2.05) is 6.92 Å². The first-order valence-electron chi connectivity index (χ1n) is 6.89. The maximum atomic E-state index is 4.40. The molecule has 0 saturated heterocycles. The molecule has 1 aliphatic rings. The van der Waals surface area contributed by atoms with Crippen LogP contribution in [0.2, 0.25) is 0 Å². The summed E-state index contributed by atoms with van der Waals surface area (Å²) in [6.07, 6.45) is 4.49. The fourth-order valence-electron chi connectivity index (χ4n) is 2.35. The third-order valence-corrected chi connectivity index (χ3v) is 4.22. The molecule has 7 heteroatoms. The Balaban J connectivity index is 1.65. The fraction of sp³-hybridized carbons (Fsp3) is 0.538. The van der Waals surface area contributed by atoms with Crippen LogP contribution < -0.4 is 10.6 Å². The molecule has 20 heavy (non-hydrogen) atoms. The van der Waals surface area contributed by atoms with Crippen molar-refractivity contribution in [1.82, 2.24) is 25.5 Å². The molecule has 0 unspecified atom stereocenters. The second-order valence-corrected chi connectivity index (χ2v) is 6.06. The van der Waals surface area contributed by atoms with Gasteiger partial charge in [-0.3, -0.25) is 0 Å². The highest BCUT2D eigenvalue weighted by Crippen LogP contribution is 2.18. The zero-order chi connectivity index (χ0) is 13.8. The van der Waals surface area contributed by atoms with Crippen LogP contribution in [0, 0.1) is 6.92 Å². The van der Waals surface area contributed by atoms with Gasteiger partial charge in [-0.1, -0.05) is 0 Å². The highest BCUT2D eigenvalue weighted by atomic mass is 32.1. The average Bonchev–Trinajstić information content (AvgIpc) is 2.73. The van der Waals surface area contributed by atoms with E-state index in [1.165, 1.54) is 11.3 Å². The van der Waals surface area contributed by atoms with Crippen molar-refractivity contribution < 1.29 is 0 Å². The molecule has 0 saturated carbocycles. The summed E-state index contributed by atoms with van der Waals surface area (Å²) in [6, 6.07) is 0. The lowest BCUT2D eigenvalue weighted by Crippen LogP contribution is -2.16. The number of fused-ring (bicyclic) bond motifs is 1. The molecule has 2 aromatic heterocycles. The minimum absolute atomic E-state index is 0.825. The Morgan fingerprint density at radius 3 is 3.00 bits per heavy atom. The highest BCUT2D eigenvalue weighted by Gasteiger charge is 2.13. The van der Waals surface area contributed by atoms with Crippen LogP contribution in [0.4, 0.5) is 5.82 Å². The average molecular weight is 290 g/mol. The van der Waals surface area contributed by atoms with Crippen molar-refractivity contribution in [3.63, 3.8) is 0 Å². The van der Waals surface area contributed by atoms with Crippen molar-refractivity contribution in [2.24, 2.45) is 0 Å². The summed E-state index contributed by atoms with van der Waals surface area (Å²) in [5, 5.41) is 17.1. The predicted octanol–water partition coefficient (Wildman–Crippen LogP) is 0.979. The smallest absolute Gasteiger partial charge is 0.132 e. The van der Waals surface area contributed by atoms with Crippen LogP contribution in [0.15, 0.2) is 6.33 Å². The topological polar surface area (TPSA) is 75.6 Å². The predicted molar refractivity (Wildman–Crippen MR) is 79.1 cm³/mol. The number of hydrogen-bond acceptors (Lipinski definition) is 7. The number of nitrogens with zero attached hydrogens (tertiary/aromatic N) is 4. The van der Waals surface area contributed by atoms with E-state index >= 15 is 0 Å². The molecule has 6 nitrogen and oxygen atoms in total. The van der Waals surface area contributed by atoms with E-state index in [9.17, 15) is 0 Å². The zero-order valence-electron chi connectivity index (χ0n) is 11.5. The summed E-state index contributed by atoms with van der Waals surface area (Å²) in [4.78, 5) is 8.79. The van der Waals surface area contributed by atoms with Gasteiger partial charge in [0.2, 0.25) is 0 Å². The number of hydrogen-bond donors (Lipinski definition) is 2. The molecule has 0 radical (unpaired) electrons. The van der Waals surface area contributed by atoms with Crippen LogP contribution in [0.1, 0.15) is 21.3 Å². The maximum Gasteiger partial charge on any atom is 0.132 e. The summed E-state index contributed by atoms with van der Waals surface area (Å²) < 4.78 is 0. The van der Waals surface area contributed by atoms with Gasteiger partial charge in [0, 0.05) is 31.5 Å². The molecule has 2 aromatic rings. The van der Waals surface area contributed by atoms with E-state index in [-0.39, 0.29) is 0 Å². The molecule has 0 fully saturated rings. The molecular formula is C13H18N6S. The van der Waals surface area contributed by atoms with Gasteiger partial charge in [-0.2, -0.15) is 0 Å². The Bertz CT molecular complexity index is 582. The normalized spacial score (nSPS) is 14.7. The summed E-state index contributed by atoms with van der Waals surface area (Å²) in [5.41, 5.74) is 2.42. The van der Waals surface area contributed by atoms with Crippen LogP contribution in [0.25, 0.3) is 0 Å².